The third-order valence-electron chi connectivity index (χ3n) is 10.9. The minimum atomic E-state index is -0.337. The SMILES string of the molecule is CC1(C)c2cc(-c3cccc(-c4cc(-c5nc6ccccc6o5)cc(C5Nc6ccccc6O5)c4)c3)ccc2-c2ccc3sc4ccccc4c3c21. The van der Waals surface area contributed by atoms with E-state index in [2.05, 4.69) is 116 Å². The van der Waals surface area contributed by atoms with Crippen LogP contribution in [0.4, 0.5) is 5.69 Å². The molecule has 1 atom stereocenters. The van der Waals surface area contributed by atoms with Crippen molar-refractivity contribution < 1.29 is 9.15 Å². The quantitative estimate of drug-likeness (QED) is 0.200. The number of anilines is 1. The summed E-state index contributed by atoms with van der Waals surface area (Å²) in [5, 5.41) is 6.32. The highest BCUT2D eigenvalue weighted by atomic mass is 32.1. The van der Waals surface area contributed by atoms with E-state index >= 15 is 0 Å². The summed E-state index contributed by atoms with van der Waals surface area (Å²) in [7, 11) is 0. The Hall–Kier alpha value is -6.17. The van der Waals surface area contributed by atoms with Crippen molar-refractivity contribution in [2.45, 2.75) is 25.5 Å². The number of fused-ring (bicyclic) bond motifs is 9. The summed E-state index contributed by atoms with van der Waals surface area (Å²) in [6.45, 7) is 4.78. The molecule has 1 aliphatic carbocycles. The molecule has 1 unspecified atom stereocenters. The van der Waals surface area contributed by atoms with Crippen molar-refractivity contribution in [3.63, 3.8) is 0 Å². The van der Waals surface area contributed by atoms with E-state index in [4.69, 9.17) is 14.1 Å². The molecule has 2 aromatic heterocycles. The van der Waals surface area contributed by atoms with Crippen LogP contribution in [0.5, 0.6) is 5.75 Å². The van der Waals surface area contributed by atoms with E-state index in [1.165, 1.54) is 53.6 Å². The second-order valence-corrected chi connectivity index (χ2v) is 15.5. The molecule has 0 bridgehead atoms. The second-order valence-electron chi connectivity index (χ2n) is 14.4. The van der Waals surface area contributed by atoms with E-state index < -0.39 is 0 Å². The van der Waals surface area contributed by atoms with Gasteiger partial charge >= 0.3 is 0 Å². The van der Waals surface area contributed by atoms with Crippen molar-refractivity contribution in [3.05, 3.63) is 162 Å². The minimum Gasteiger partial charge on any atom is -0.464 e. The predicted octanol–water partition coefficient (Wildman–Crippen LogP) is 13.0. The molecule has 5 heteroatoms. The van der Waals surface area contributed by atoms with Gasteiger partial charge in [-0.25, -0.2) is 4.98 Å². The topological polar surface area (TPSA) is 47.3 Å². The molecule has 1 N–H and O–H groups in total. The molecule has 2 aliphatic rings. The molecule has 11 rings (SSSR count). The summed E-state index contributed by atoms with van der Waals surface area (Å²) in [4.78, 5) is 4.86. The molecule has 1 aliphatic heterocycles. The number of hydrogen-bond acceptors (Lipinski definition) is 5. The van der Waals surface area contributed by atoms with Crippen LogP contribution in [0.3, 0.4) is 0 Å². The third kappa shape index (κ3) is 4.42. The van der Waals surface area contributed by atoms with Crippen molar-refractivity contribution in [1.82, 2.24) is 4.98 Å². The Bertz CT molecular complexity index is 2860. The fraction of sp³-hybridized carbons (Fsp3) is 0.0851. The van der Waals surface area contributed by atoms with Crippen molar-refractivity contribution >= 4 is 48.3 Å². The maximum atomic E-state index is 6.40. The molecule has 52 heavy (non-hydrogen) atoms. The van der Waals surface area contributed by atoms with E-state index in [0.29, 0.717) is 5.89 Å². The smallest absolute Gasteiger partial charge is 0.227 e. The first kappa shape index (κ1) is 29.5. The summed E-state index contributed by atoms with van der Waals surface area (Å²) in [5.41, 5.74) is 14.4. The van der Waals surface area contributed by atoms with Crippen LogP contribution < -0.4 is 10.1 Å². The Kier molecular flexibility index (Phi) is 6.20. The van der Waals surface area contributed by atoms with Gasteiger partial charge in [0.1, 0.15) is 11.3 Å². The lowest BCUT2D eigenvalue weighted by Gasteiger charge is -2.23. The fourth-order valence-corrected chi connectivity index (χ4v) is 9.52. The molecule has 9 aromatic rings. The van der Waals surface area contributed by atoms with Crippen molar-refractivity contribution in [3.8, 4) is 50.6 Å². The number of aromatic nitrogens is 1. The lowest BCUT2D eigenvalue weighted by atomic mass is 9.80. The second kappa shape index (κ2) is 10.9. The summed E-state index contributed by atoms with van der Waals surface area (Å²) < 4.78 is 15.4. The van der Waals surface area contributed by atoms with Crippen LogP contribution in [0, 0.1) is 0 Å². The molecule has 0 radical (unpaired) electrons. The van der Waals surface area contributed by atoms with Crippen LogP contribution in [0.1, 0.15) is 36.8 Å². The zero-order valence-corrected chi connectivity index (χ0v) is 29.4. The van der Waals surface area contributed by atoms with Crippen LogP contribution in [0.2, 0.25) is 0 Å². The van der Waals surface area contributed by atoms with Crippen molar-refractivity contribution in [2.75, 3.05) is 5.32 Å². The summed E-state index contributed by atoms with van der Waals surface area (Å²) in [6.07, 6.45) is -0.337. The van der Waals surface area contributed by atoms with Crippen molar-refractivity contribution in [1.29, 1.82) is 0 Å². The molecular formula is C47H32N2O2S. The maximum absolute atomic E-state index is 6.40. The van der Waals surface area contributed by atoms with E-state index in [1.54, 1.807) is 0 Å². The zero-order chi connectivity index (χ0) is 34.6. The summed E-state index contributed by atoms with van der Waals surface area (Å²) in [5.74, 6) is 1.43. The number of para-hydroxylation sites is 4. The van der Waals surface area contributed by atoms with Gasteiger partial charge in [-0.15, -0.1) is 11.3 Å². The fourth-order valence-electron chi connectivity index (χ4n) is 8.41. The number of nitrogens with one attached hydrogen (secondary N) is 1. The van der Waals surface area contributed by atoms with Crippen LogP contribution in [-0.2, 0) is 5.41 Å². The largest absolute Gasteiger partial charge is 0.464 e. The highest BCUT2D eigenvalue weighted by Gasteiger charge is 2.38. The van der Waals surface area contributed by atoms with Gasteiger partial charge in [-0.2, -0.15) is 0 Å². The van der Waals surface area contributed by atoms with Gasteiger partial charge in [0.25, 0.3) is 0 Å². The number of rotatable bonds is 4. The molecule has 0 fully saturated rings. The average Bonchev–Trinajstić information content (AvgIpc) is 3.96. The highest BCUT2D eigenvalue weighted by Crippen LogP contribution is 2.54. The molecule has 4 nitrogen and oxygen atoms in total. The molecule has 0 spiro atoms. The number of ether oxygens (including phenoxy) is 1. The van der Waals surface area contributed by atoms with Gasteiger partial charge in [0, 0.05) is 36.7 Å². The van der Waals surface area contributed by atoms with E-state index in [-0.39, 0.29) is 11.6 Å². The molecule has 0 amide bonds. The number of oxazole rings is 1. The highest BCUT2D eigenvalue weighted by molar-refractivity contribution is 7.25. The number of nitrogens with zero attached hydrogens (tertiary/aromatic N) is 1. The molecule has 3 heterocycles. The lowest BCUT2D eigenvalue weighted by Crippen LogP contribution is -2.15. The Morgan fingerprint density at radius 3 is 2.29 bits per heavy atom. The van der Waals surface area contributed by atoms with Gasteiger partial charge in [0.15, 0.2) is 11.8 Å². The van der Waals surface area contributed by atoms with Crippen LogP contribution in [-0.4, -0.2) is 4.98 Å². The zero-order valence-electron chi connectivity index (χ0n) is 28.6. The van der Waals surface area contributed by atoms with Crippen molar-refractivity contribution in [2.24, 2.45) is 0 Å². The monoisotopic (exact) mass is 688 g/mol. The summed E-state index contributed by atoms with van der Waals surface area (Å²) >= 11 is 1.89. The van der Waals surface area contributed by atoms with Crippen LogP contribution in [0.15, 0.2) is 150 Å². The van der Waals surface area contributed by atoms with Gasteiger partial charge in [0.05, 0.1) is 5.69 Å². The first-order valence-corrected chi connectivity index (χ1v) is 18.5. The first-order chi connectivity index (χ1) is 25.5. The van der Waals surface area contributed by atoms with E-state index in [0.717, 1.165) is 44.8 Å². The third-order valence-corrected chi connectivity index (χ3v) is 12.0. The predicted molar refractivity (Wildman–Crippen MR) is 214 cm³/mol. The Morgan fingerprint density at radius 2 is 1.38 bits per heavy atom. The van der Waals surface area contributed by atoms with E-state index in [1.807, 2.05) is 59.9 Å². The Labute approximate surface area is 305 Å². The molecular weight excluding hydrogens is 657 g/mol. The number of hydrogen-bond donors (Lipinski definition) is 1. The molecule has 248 valence electrons. The Morgan fingerprint density at radius 1 is 0.635 bits per heavy atom. The van der Waals surface area contributed by atoms with Crippen LogP contribution in [0.25, 0.3) is 76.1 Å². The molecule has 7 aromatic carbocycles. The van der Waals surface area contributed by atoms with Gasteiger partial charge in [-0.1, -0.05) is 92.7 Å². The number of thiophene rings is 1. The summed E-state index contributed by atoms with van der Waals surface area (Å²) in [6, 6.07) is 51.9. The van der Waals surface area contributed by atoms with Gasteiger partial charge < -0.3 is 14.5 Å². The molecule has 0 saturated carbocycles. The van der Waals surface area contributed by atoms with Gasteiger partial charge in [-0.3, -0.25) is 0 Å². The Balaban J connectivity index is 1.01. The van der Waals surface area contributed by atoms with Gasteiger partial charge in [-0.05, 0) is 111 Å². The van der Waals surface area contributed by atoms with Crippen LogP contribution >= 0.6 is 11.3 Å². The average molecular weight is 689 g/mol. The lowest BCUT2D eigenvalue weighted by molar-refractivity contribution is 0.260. The van der Waals surface area contributed by atoms with Gasteiger partial charge in [0.2, 0.25) is 5.89 Å². The number of benzene rings is 7. The standard InChI is InChI=1S/C47H32N2O2S/c1-47(2)36-26-29(18-19-33(36)34-20-21-42-43(44(34)47)35-12-3-8-17-41(35)52-42)27-10-9-11-28(22-27)30-23-31(45-48-37-13-4-6-15-39(37)50-45)25-32(24-30)46-49-38-14-5-7-16-40(38)51-46/h3-26,45,48H,1-2H3. The first-order valence-electron chi connectivity index (χ1n) is 17.7. The van der Waals surface area contributed by atoms with E-state index in [9.17, 15) is 0 Å². The normalized spacial score (nSPS) is 15.4. The minimum absolute atomic E-state index is 0.143. The maximum Gasteiger partial charge on any atom is 0.227 e. The molecule has 0 saturated heterocycles.